The van der Waals surface area contributed by atoms with Crippen LogP contribution in [0.2, 0.25) is 0 Å². The van der Waals surface area contributed by atoms with Crippen LogP contribution in [0.15, 0.2) is 27.7 Å². The van der Waals surface area contributed by atoms with Crippen molar-refractivity contribution in [2.75, 3.05) is 6.54 Å². The molecule has 0 rings (SSSR count). The van der Waals surface area contributed by atoms with Gasteiger partial charge in [-0.1, -0.05) is 29.8 Å². The fraction of sp³-hybridized carbons (Fsp3) is 0.333. The summed E-state index contributed by atoms with van der Waals surface area (Å²) in [6.45, 7) is 7.56. The number of nitrogens with zero attached hydrogens (tertiary/aromatic N) is 2. The molecule has 0 radical (unpaired) electrons. The van der Waals surface area contributed by atoms with Gasteiger partial charge in [0.15, 0.2) is 0 Å². The molecule has 70 valence electrons. The van der Waals surface area contributed by atoms with Crippen molar-refractivity contribution < 1.29 is 0 Å². The van der Waals surface area contributed by atoms with Gasteiger partial charge < -0.3 is 0 Å². The minimum atomic E-state index is 0.185. The van der Waals surface area contributed by atoms with Gasteiger partial charge in [-0.15, -0.1) is 0 Å². The van der Waals surface area contributed by atoms with E-state index in [0.29, 0.717) is 17.2 Å². The minimum absolute atomic E-state index is 0.185. The molecule has 4 heteroatoms. The van der Waals surface area contributed by atoms with Crippen molar-refractivity contribution in [3.8, 4) is 6.07 Å². The molecule has 0 atom stereocenters. The summed E-state index contributed by atoms with van der Waals surface area (Å²) in [6, 6.07) is 1.94. The van der Waals surface area contributed by atoms with Gasteiger partial charge in [0.25, 0.3) is 0 Å². The summed E-state index contributed by atoms with van der Waals surface area (Å²) in [7, 11) is 0. The first-order chi connectivity index (χ1) is 6.04. The monoisotopic (exact) mass is 216 g/mol. The molecule has 0 spiro atoms. The van der Waals surface area contributed by atoms with Crippen molar-refractivity contribution in [3.63, 3.8) is 0 Å². The number of hydrogen-bond donors (Lipinski definition) is 0. The van der Waals surface area contributed by atoms with E-state index in [2.05, 4.69) is 11.6 Å². The molecule has 0 aromatic rings. The molecule has 0 saturated carbocycles. The van der Waals surface area contributed by atoms with Gasteiger partial charge in [-0.3, -0.25) is 4.99 Å². The normalized spacial score (nSPS) is 13.3. The van der Waals surface area contributed by atoms with Crippen molar-refractivity contribution in [2.24, 2.45) is 4.99 Å². The number of allylic oxidation sites excluding steroid dienone is 3. The third-order valence-corrected chi connectivity index (χ3v) is 1.99. The van der Waals surface area contributed by atoms with E-state index in [1.165, 1.54) is 0 Å². The average Bonchev–Trinajstić information content (AvgIpc) is 2.05. The molecule has 0 aromatic carbocycles. The molecular weight excluding hydrogens is 207 g/mol. The predicted octanol–water partition coefficient (Wildman–Crippen LogP) is 3.24. The van der Waals surface area contributed by atoms with Crippen LogP contribution in [0.25, 0.3) is 0 Å². The number of aliphatic imine (C=N–C) groups is 1. The van der Waals surface area contributed by atoms with Crippen molar-refractivity contribution in [2.45, 2.75) is 13.8 Å². The first kappa shape index (κ1) is 12.2. The van der Waals surface area contributed by atoms with Crippen LogP contribution in [0, 0.1) is 11.3 Å². The summed E-state index contributed by atoms with van der Waals surface area (Å²) in [6.07, 6.45) is 0. The van der Waals surface area contributed by atoms with Crippen LogP contribution in [0.3, 0.4) is 0 Å². The third-order valence-electron chi connectivity index (χ3n) is 1.40. The molecule has 0 aliphatic carbocycles. The van der Waals surface area contributed by atoms with Crippen LogP contribution >= 0.6 is 23.2 Å². The highest BCUT2D eigenvalue weighted by atomic mass is 35.5. The number of rotatable bonds is 3. The first-order valence-electron chi connectivity index (χ1n) is 3.70. The summed E-state index contributed by atoms with van der Waals surface area (Å²) in [5.74, 6) is 0. The van der Waals surface area contributed by atoms with Crippen molar-refractivity contribution in [3.05, 3.63) is 22.8 Å². The van der Waals surface area contributed by atoms with Crippen molar-refractivity contribution >= 4 is 28.4 Å². The molecule has 0 saturated heterocycles. The van der Waals surface area contributed by atoms with Crippen LogP contribution in [0.1, 0.15) is 13.8 Å². The quantitative estimate of drug-likeness (QED) is 0.406. The molecule has 0 aliphatic rings. The standard InChI is InChI=1S/C9H10Cl2N2/c1-4-13-9(11)8(5-12)6(2)7(3)10/h3-4H2,1-2H3. The van der Waals surface area contributed by atoms with Gasteiger partial charge in [0.05, 0.1) is 5.57 Å². The van der Waals surface area contributed by atoms with Crippen LogP contribution in [0.4, 0.5) is 0 Å². The van der Waals surface area contributed by atoms with E-state index in [1.54, 1.807) is 6.92 Å². The second-order valence-electron chi connectivity index (χ2n) is 2.28. The molecule has 0 aromatic heterocycles. The van der Waals surface area contributed by atoms with Gasteiger partial charge in [0, 0.05) is 11.6 Å². The summed E-state index contributed by atoms with van der Waals surface area (Å²) in [5.41, 5.74) is 0.842. The van der Waals surface area contributed by atoms with Gasteiger partial charge in [0.1, 0.15) is 11.2 Å². The predicted molar refractivity (Wildman–Crippen MR) is 57.1 cm³/mol. The van der Waals surface area contributed by atoms with E-state index in [4.69, 9.17) is 28.5 Å². The lowest BCUT2D eigenvalue weighted by Gasteiger charge is -2.00. The molecule has 0 bridgehead atoms. The van der Waals surface area contributed by atoms with E-state index < -0.39 is 0 Å². The highest BCUT2D eigenvalue weighted by Crippen LogP contribution is 2.18. The van der Waals surface area contributed by atoms with Crippen LogP contribution in [0.5, 0.6) is 0 Å². The van der Waals surface area contributed by atoms with E-state index in [-0.39, 0.29) is 10.7 Å². The maximum absolute atomic E-state index is 8.77. The average molecular weight is 217 g/mol. The Hall–Kier alpha value is -0.780. The van der Waals surface area contributed by atoms with Gasteiger partial charge in [0.2, 0.25) is 0 Å². The number of hydrogen-bond acceptors (Lipinski definition) is 2. The molecule has 0 N–H and O–H groups in total. The maximum atomic E-state index is 8.77. The van der Waals surface area contributed by atoms with E-state index >= 15 is 0 Å². The molecule has 0 aliphatic heterocycles. The van der Waals surface area contributed by atoms with Crippen molar-refractivity contribution in [1.82, 2.24) is 0 Å². The Bertz CT molecular complexity index is 308. The fourth-order valence-corrected chi connectivity index (χ4v) is 1.04. The highest BCUT2D eigenvalue weighted by molar-refractivity contribution is 6.70. The van der Waals surface area contributed by atoms with Crippen molar-refractivity contribution in [1.29, 1.82) is 5.26 Å². The van der Waals surface area contributed by atoms with Gasteiger partial charge in [-0.25, -0.2) is 0 Å². The van der Waals surface area contributed by atoms with Crippen LogP contribution in [-0.4, -0.2) is 11.7 Å². The Kier molecular flexibility index (Phi) is 5.45. The molecule has 2 nitrogen and oxygen atoms in total. The lowest BCUT2D eigenvalue weighted by Crippen LogP contribution is -1.96. The highest BCUT2D eigenvalue weighted by Gasteiger charge is 2.08. The first-order valence-corrected chi connectivity index (χ1v) is 4.46. The Morgan fingerprint density at radius 3 is 2.38 bits per heavy atom. The zero-order valence-corrected chi connectivity index (χ0v) is 9.08. The minimum Gasteiger partial charge on any atom is -0.272 e. The smallest absolute Gasteiger partial charge is 0.141 e. The van der Waals surface area contributed by atoms with Gasteiger partial charge in [-0.2, -0.15) is 5.26 Å². The molecule has 13 heavy (non-hydrogen) atoms. The van der Waals surface area contributed by atoms with E-state index in [0.717, 1.165) is 0 Å². The summed E-state index contributed by atoms with van der Waals surface area (Å²) < 4.78 is 0. The second-order valence-corrected chi connectivity index (χ2v) is 3.10. The second kappa shape index (κ2) is 5.80. The molecule has 0 unspecified atom stereocenters. The molecule has 0 fully saturated rings. The maximum Gasteiger partial charge on any atom is 0.141 e. The lowest BCUT2D eigenvalue weighted by molar-refractivity contribution is 1.14. The Labute approximate surface area is 88.2 Å². The topological polar surface area (TPSA) is 36.1 Å². The zero-order chi connectivity index (χ0) is 10.4. The summed E-state index contributed by atoms with van der Waals surface area (Å²) in [4.78, 5) is 3.90. The summed E-state index contributed by atoms with van der Waals surface area (Å²) in [5, 5.41) is 9.26. The Morgan fingerprint density at radius 1 is 1.54 bits per heavy atom. The van der Waals surface area contributed by atoms with Crippen LogP contribution < -0.4 is 0 Å². The van der Waals surface area contributed by atoms with E-state index in [9.17, 15) is 0 Å². The summed E-state index contributed by atoms with van der Waals surface area (Å²) >= 11 is 11.4. The third kappa shape index (κ3) is 3.63. The number of halogens is 2. The number of nitriles is 1. The van der Waals surface area contributed by atoms with Gasteiger partial charge in [-0.05, 0) is 19.4 Å². The fourth-order valence-electron chi connectivity index (χ4n) is 0.638. The Balaban J connectivity index is 5.15. The SMILES string of the molecule is C=C(Cl)C(C)=C(C#N)C(Cl)=NCC. The molecule has 0 amide bonds. The Morgan fingerprint density at radius 2 is 2.08 bits per heavy atom. The molecular formula is C9H10Cl2N2. The largest absolute Gasteiger partial charge is 0.272 e. The van der Waals surface area contributed by atoms with E-state index in [1.807, 2.05) is 13.0 Å². The lowest BCUT2D eigenvalue weighted by atomic mass is 10.1. The van der Waals surface area contributed by atoms with Crippen LogP contribution in [-0.2, 0) is 0 Å². The van der Waals surface area contributed by atoms with Gasteiger partial charge >= 0.3 is 0 Å². The zero-order valence-electron chi connectivity index (χ0n) is 7.56. The molecule has 0 heterocycles.